The van der Waals surface area contributed by atoms with Gasteiger partial charge in [-0.25, -0.2) is 0 Å². The molecule has 1 aromatic rings. The van der Waals surface area contributed by atoms with E-state index in [1.54, 1.807) is 0 Å². The zero-order valence-electron chi connectivity index (χ0n) is 10.5. The Morgan fingerprint density at radius 3 is 3.24 bits per heavy atom. The van der Waals surface area contributed by atoms with Gasteiger partial charge in [-0.2, -0.15) is 4.98 Å². The number of rotatable bonds is 6. The highest BCUT2D eigenvalue weighted by atomic mass is 16.5. The lowest BCUT2D eigenvalue weighted by Crippen LogP contribution is -2.40. The zero-order chi connectivity index (χ0) is 11.9. The lowest BCUT2D eigenvalue weighted by atomic mass is 9.99. The van der Waals surface area contributed by atoms with E-state index in [2.05, 4.69) is 27.7 Å². The highest BCUT2D eigenvalue weighted by Crippen LogP contribution is 2.11. The number of aromatic nitrogens is 2. The molecule has 0 aliphatic carbocycles. The Morgan fingerprint density at radius 1 is 1.59 bits per heavy atom. The first kappa shape index (κ1) is 12.5. The highest BCUT2D eigenvalue weighted by Gasteiger charge is 2.15. The van der Waals surface area contributed by atoms with Crippen LogP contribution in [-0.2, 0) is 6.42 Å². The molecule has 5 nitrogen and oxygen atoms in total. The molecule has 96 valence electrons. The van der Waals surface area contributed by atoms with Crippen LogP contribution in [0.1, 0.15) is 38.4 Å². The molecule has 1 saturated heterocycles. The summed E-state index contributed by atoms with van der Waals surface area (Å²) in [5, 5.41) is 10.9. The van der Waals surface area contributed by atoms with E-state index in [9.17, 15) is 0 Å². The predicted octanol–water partition coefficient (Wildman–Crippen LogP) is 1.12. The number of hydrogen-bond acceptors (Lipinski definition) is 5. The molecule has 1 aromatic heterocycles. The molecule has 1 aliphatic rings. The van der Waals surface area contributed by atoms with E-state index in [4.69, 9.17) is 4.52 Å². The first-order valence-electron chi connectivity index (χ1n) is 6.56. The van der Waals surface area contributed by atoms with Gasteiger partial charge in [0.05, 0.1) is 0 Å². The molecule has 1 fully saturated rings. The summed E-state index contributed by atoms with van der Waals surface area (Å²) in [5.74, 6) is 0.778. The van der Waals surface area contributed by atoms with Gasteiger partial charge in [0.25, 0.3) is 0 Å². The first-order chi connectivity index (χ1) is 8.34. The van der Waals surface area contributed by atoms with Gasteiger partial charge in [0.2, 0.25) is 6.39 Å². The van der Waals surface area contributed by atoms with Crippen molar-refractivity contribution in [3.8, 4) is 0 Å². The summed E-state index contributed by atoms with van der Waals surface area (Å²) >= 11 is 0. The third kappa shape index (κ3) is 4.44. The average molecular weight is 238 g/mol. The number of nitrogens with zero attached hydrogens (tertiary/aromatic N) is 2. The van der Waals surface area contributed by atoms with Gasteiger partial charge in [-0.1, -0.05) is 11.6 Å². The zero-order valence-corrected chi connectivity index (χ0v) is 10.5. The molecule has 2 heterocycles. The molecule has 5 heteroatoms. The maximum atomic E-state index is 4.69. The summed E-state index contributed by atoms with van der Waals surface area (Å²) in [5.41, 5.74) is 0. The van der Waals surface area contributed by atoms with E-state index in [-0.39, 0.29) is 0 Å². The molecule has 0 radical (unpaired) electrons. The topological polar surface area (TPSA) is 63.0 Å². The van der Waals surface area contributed by atoms with Crippen molar-refractivity contribution in [2.45, 2.75) is 51.1 Å². The van der Waals surface area contributed by atoms with Crippen molar-refractivity contribution in [2.75, 3.05) is 13.1 Å². The van der Waals surface area contributed by atoms with Gasteiger partial charge in [0.1, 0.15) is 0 Å². The predicted molar refractivity (Wildman–Crippen MR) is 65.7 cm³/mol. The Labute approximate surface area is 102 Å². The van der Waals surface area contributed by atoms with Gasteiger partial charge < -0.3 is 15.2 Å². The minimum atomic E-state index is 0.539. The van der Waals surface area contributed by atoms with Crippen molar-refractivity contribution < 1.29 is 4.52 Å². The third-order valence-electron chi connectivity index (χ3n) is 3.30. The van der Waals surface area contributed by atoms with Gasteiger partial charge in [0, 0.05) is 25.0 Å². The summed E-state index contributed by atoms with van der Waals surface area (Å²) in [4.78, 5) is 4.00. The third-order valence-corrected chi connectivity index (χ3v) is 3.30. The SMILES string of the molecule is CC(CC1CCCCN1)NCCc1ncon1. The van der Waals surface area contributed by atoms with Crippen LogP contribution in [0.2, 0.25) is 0 Å². The fourth-order valence-corrected chi connectivity index (χ4v) is 2.37. The monoisotopic (exact) mass is 238 g/mol. The summed E-state index contributed by atoms with van der Waals surface area (Å²) in [6, 6.07) is 1.23. The number of nitrogens with one attached hydrogen (secondary N) is 2. The molecule has 0 saturated carbocycles. The second-order valence-corrected chi connectivity index (χ2v) is 4.84. The standard InChI is InChI=1S/C12H22N4O/c1-10(8-11-4-2-3-6-14-11)13-7-5-12-15-9-17-16-12/h9-11,13-14H,2-8H2,1H3. The molecule has 2 rings (SSSR count). The van der Waals surface area contributed by atoms with E-state index < -0.39 is 0 Å². The van der Waals surface area contributed by atoms with Crippen molar-refractivity contribution in [1.29, 1.82) is 0 Å². The minimum Gasteiger partial charge on any atom is -0.343 e. The maximum Gasteiger partial charge on any atom is 0.213 e. The lowest BCUT2D eigenvalue weighted by Gasteiger charge is -2.26. The summed E-state index contributed by atoms with van der Waals surface area (Å²) in [6.07, 6.45) is 7.43. The fourth-order valence-electron chi connectivity index (χ4n) is 2.37. The molecule has 2 atom stereocenters. The largest absolute Gasteiger partial charge is 0.343 e. The van der Waals surface area contributed by atoms with E-state index in [1.165, 1.54) is 38.6 Å². The normalized spacial score (nSPS) is 22.5. The van der Waals surface area contributed by atoms with Gasteiger partial charge in [-0.15, -0.1) is 0 Å². The molecule has 17 heavy (non-hydrogen) atoms. The van der Waals surface area contributed by atoms with E-state index in [1.807, 2.05) is 0 Å². The number of piperidine rings is 1. The minimum absolute atomic E-state index is 0.539. The highest BCUT2D eigenvalue weighted by molar-refractivity contribution is 4.81. The summed E-state index contributed by atoms with van der Waals surface area (Å²) in [6.45, 7) is 4.33. The van der Waals surface area contributed by atoms with Crippen molar-refractivity contribution in [3.05, 3.63) is 12.2 Å². The van der Waals surface area contributed by atoms with Gasteiger partial charge in [-0.3, -0.25) is 0 Å². The second kappa shape index (κ2) is 6.71. The molecule has 0 bridgehead atoms. The molecule has 0 aromatic carbocycles. The van der Waals surface area contributed by atoms with Crippen molar-refractivity contribution in [2.24, 2.45) is 0 Å². The summed E-state index contributed by atoms with van der Waals surface area (Å²) in [7, 11) is 0. The van der Waals surface area contributed by atoms with Crippen LogP contribution in [0.5, 0.6) is 0 Å². The van der Waals surface area contributed by atoms with Gasteiger partial charge >= 0.3 is 0 Å². The Bertz CT molecular complexity index is 295. The average Bonchev–Trinajstić information content (AvgIpc) is 2.83. The Kier molecular flexibility index (Phi) is 4.94. The molecule has 2 unspecified atom stereocenters. The maximum absolute atomic E-state index is 4.69. The number of hydrogen-bond donors (Lipinski definition) is 2. The molecular weight excluding hydrogens is 216 g/mol. The lowest BCUT2D eigenvalue weighted by molar-refractivity contribution is 0.345. The van der Waals surface area contributed by atoms with Crippen LogP contribution in [0.3, 0.4) is 0 Å². The first-order valence-corrected chi connectivity index (χ1v) is 6.56. The van der Waals surface area contributed by atoms with E-state index in [0.29, 0.717) is 12.1 Å². The Balaban J connectivity index is 1.58. The van der Waals surface area contributed by atoms with Crippen molar-refractivity contribution in [3.63, 3.8) is 0 Å². The molecule has 2 N–H and O–H groups in total. The summed E-state index contributed by atoms with van der Waals surface area (Å²) < 4.78 is 4.69. The van der Waals surface area contributed by atoms with Crippen molar-refractivity contribution >= 4 is 0 Å². The Morgan fingerprint density at radius 2 is 2.53 bits per heavy atom. The quantitative estimate of drug-likeness (QED) is 0.777. The van der Waals surface area contributed by atoms with Crippen LogP contribution in [0, 0.1) is 0 Å². The fraction of sp³-hybridized carbons (Fsp3) is 0.833. The van der Waals surface area contributed by atoms with Crippen LogP contribution in [0.15, 0.2) is 10.9 Å². The van der Waals surface area contributed by atoms with Crippen LogP contribution in [0.4, 0.5) is 0 Å². The van der Waals surface area contributed by atoms with Crippen LogP contribution >= 0.6 is 0 Å². The van der Waals surface area contributed by atoms with Crippen molar-refractivity contribution in [1.82, 2.24) is 20.8 Å². The van der Waals surface area contributed by atoms with Gasteiger partial charge in [-0.05, 0) is 32.7 Å². The van der Waals surface area contributed by atoms with Crippen LogP contribution in [-0.4, -0.2) is 35.3 Å². The molecule has 0 amide bonds. The van der Waals surface area contributed by atoms with Crippen LogP contribution in [0.25, 0.3) is 0 Å². The molecule has 1 aliphatic heterocycles. The van der Waals surface area contributed by atoms with Gasteiger partial charge in [0.15, 0.2) is 5.82 Å². The molecular formula is C12H22N4O. The van der Waals surface area contributed by atoms with Crippen LogP contribution < -0.4 is 10.6 Å². The van der Waals surface area contributed by atoms with E-state index in [0.717, 1.165) is 18.8 Å². The van der Waals surface area contributed by atoms with E-state index >= 15 is 0 Å². The second-order valence-electron chi connectivity index (χ2n) is 4.84. The molecule has 0 spiro atoms. The Hall–Kier alpha value is -0.940. The smallest absolute Gasteiger partial charge is 0.213 e.